The number of ether oxygens (including phenoxy) is 4. The molecule has 0 aromatic carbocycles. The highest BCUT2D eigenvalue weighted by Gasteiger charge is 2.16. The van der Waals surface area contributed by atoms with Gasteiger partial charge < -0.3 is 18.9 Å². The zero-order valence-electron chi connectivity index (χ0n) is 21.1. The molecule has 1 unspecified atom stereocenters. The molecule has 0 aromatic rings. The molecule has 0 radical (unpaired) electrons. The van der Waals surface area contributed by atoms with Crippen molar-refractivity contribution in [2.75, 3.05) is 26.6 Å². The van der Waals surface area contributed by atoms with Gasteiger partial charge in [0.1, 0.15) is 6.79 Å². The third-order valence-electron chi connectivity index (χ3n) is 5.88. The van der Waals surface area contributed by atoms with Gasteiger partial charge in [-0.25, -0.2) is 0 Å². The normalized spacial score (nSPS) is 20.6. The number of allylic oxidation sites excluding steroid dienone is 2. The first kappa shape index (κ1) is 30.0. The first-order valence-electron chi connectivity index (χ1n) is 12.3. The molecule has 1 rings (SSSR count). The van der Waals surface area contributed by atoms with Crippen LogP contribution in [0, 0.1) is 11.8 Å². The summed E-state index contributed by atoms with van der Waals surface area (Å²) in [6, 6.07) is 1.17. The maximum atomic E-state index is 6.04. The van der Waals surface area contributed by atoms with Crippen LogP contribution in [0.1, 0.15) is 52.4 Å². The van der Waals surface area contributed by atoms with Crippen molar-refractivity contribution in [2.45, 2.75) is 90.5 Å². The zero-order valence-corrected chi connectivity index (χ0v) is 24.3. The smallest absolute Gasteiger partial charge is 0.157 e. The van der Waals surface area contributed by atoms with Crippen LogP contribution < -0.4 is 0 Å². The predicted molar refractivity (Wildman–Crippen MR) is 147 cm³/mol. The molecule has 0 spiro atoms. The number of halogens is 1. The lowest BCUT2D eigenvalue weighted by molar-refractivity contribution is -0.163. The van der Waals surface area contributed by atoms with Gasteiger partial charge in [0.05, 0.1) is 12.7 Å². The lowest BCUT2D eigenvalue weighted by Gasteiger charge is -2.23. The van der Waals surface area contributed by atoms with Gasteiger partial charge in [-0.3, -0.25) is 0 Å². The van der Waals surface area contributed by atoms with E-state index in [1.165, 1.54) is 18.0 Å². The molecule has 1 fully saturated rings. The molecule has 1 aliphatic rings. The van der Waals surface area contributed by atoms with Crippen molar-refractivity contribution in [2.24, 2.45) is 11.8 Å². The van der Waals surface area contributed by atoms with Crippen LogP contribution in [0.5, 0.6) is 0 Å². The summed E-state index contributed by atoms with van der Waals surface area (Å²) >= 11 is 2.27. The Morgan fingerprint density at radius 1 is 1.19 bits per heavy atom. The molecule has 0 bridgehead atoms. The standard InChI is InChI=1S/C26H47IO4Si/c1-22(23(2)15-18-30-26-13-9-10-17-29-26)11-7-8-12-25(24(3)14-16-27)31-21-28-19-20-32(4,5)6/h8,12,14,16,23-26H,1,7,9-11,13,15,17-21H2,2-6H3/b12-8+,16-14+/t23-,24-,25+,26?/m1/s1. The summed E-state index contributed by atoms with van der Waals surface area (Å²) in [5.41, 5.74) is 1.29. The van der Waals surface area contributed by atoms with Gasteiger partial charge in [0.2, 0.25) is 0 Å². The van der Waals surface area contributed by atoms with E-state index in [1.54, 1.807) is 0 Å². The predicted octanol–water partition coefficient (Wildman–Crippen LogP) is 7.73. The van der Waals surface area contributed by atoms with Crippen LogP contribution in [0.3, 0.4) is 0 Å². The van der Waals surface area contributed by atoms with Crippen LogP contribution in [-0.2, 0) is 18.9 Å². The van der Waals surface area contributed by atoms with Gasteiger partial charge in [-0.1, -0.05) is 86.5 Å². The second-order valence-electron chi connectivity index (χ2n) is 10.1. The van der Waals surface area contributed by atoms with Gasteiger partial charge in [-0.05, 0) is 54.6 Å². The Bertz CT molecular complexity index is 553. The van der Waals surface area contributed by atoms with Gasteiger partial charge in [0, 0.05) is 27.2 Å². The van der Waals surface area contributed by atoms with Crippen molar-refractivity contribution in [1.82, 2.24) is 0 Å². The van der Waals surface area contributed by atoms with Crippen LogP contribution >= 0.6 is 22.6 Å². The molecule has 0 N–H and O–H groups in total. The molecule has 0 aromatic heterocycles. The van der Waals surface area contributed by atoms with E-state index in [0.29, 0.717) is 18.6 Å². The van der Waals surface area contributed by atoms with Crippen molar-refractivity contribution in [3.8, 4) is 0 Å². The lowest BCUT2D eigenvalue weighted by atomic mass is 9.95. The van der Waals surface area contributed by atoms with E-state index in [1.807, 2.05) is 0 Å². The summed E-state index contributed by atoms with van der Waals surface area (Å²) in [4.78, 5) is 0. The average molecular weight is 579 g/mol. The quantitative estimate of drug-likeness (QED) is 0.0582. The highest BCUT2D eigenvalue weighted by atomic mass is 127. The van der Waals surface area contributed by atoms with Crippen molar-refractivity contribution < 1.29 is 18.9 Å². The first-order chi connectivity index (χ1) is 15.2. The van der Waals surface area contributed by atoms with Gasteiger partial charge in [0.25, 0.3) is 0 Å². The summed E-state index contributed by atoms with van der Waals surface area (Å²) in [6.45, 7) is 18.6. The van der Waals surface area contributed by atoms with Gasteiger partial charge in [0.15, 0.2) is 6.29 Å². The van der Waals surface area contributed by atoms with Crippen LogP contribution in [0.4, 0.5) is 0 Å². The van der Waals surface area contributed by atoms with Crippen molar-refractivity contribution in [1.29, 1.82) is 0 Å². The Morgan fingerprint density at radius 2 is 1.97 bits per heavy atom. The maximum absolute atomic E-state index is 6.04. The molecular weight excluding hydrogens is 531 g/mol. The summed E-state index contributed by atoms with van der Waals surface area (Å²) < 4.78 is 25.3. The first-order valence-corrected chi connectivity index (χ1v) is 17.2. The van der Waals surface area contributed by atoms with Crippen molar-refractivity contribution in [3.05, 3.63) is 34.5 Å². The van der Waals surface area contributed by atoms with E-state index in [-0.39, 0.29) is 12.4 Å². The van der Waals surface area contributed by atoms with Crippen LogP contribution in [0.25, 0.3) is 0 Å². The topological polar surface area (TPSA) is 36.9 Å². The van der Waals surface area contributed by atoms with Crippen molar-refractivity contribution >= 4 is 30.7 Å². The van der Waals surface area contributed by atoms with E-state index in [2.05, 4.69) is 85.0 Å². The minimum absolute atomic E-state index is 0.00202. The summed E-state index contributed by atoms with van der Waals surface area (Å²) in [7, 11) is -1.06. The number of hydrogen-bond acceptors (Lipinski definition) is 4. The van der Waals surface area contributed by atoms with Crippen LogP contribution in [-0.4, -0.2) is 47.1 Å². The Kier molecular flexibility index (Phi) is 16.4. The Balaban J connectivity index is 2.30. The molecule has 0 aliphatic carbocycles. The molecule has 4 atom stereocenters. The van der Waals surface area contributed by atoms with Crippen LogP contribution in [0.2, 0.25) is 25.7 Å². The van der Waals surface area contributed by atoms with Gasteiger partial charge in [-0.2, -0.15) is 0 Å². The Morgan fingerprint density at radius 3 is 2.62 bits per heavy atom. The second-order valence-corrected chi connectivity index (χ2v) is 16.5. The van der Waals surface area contributed by atoms with E-state index in [0.717, 1.165) is 51.9 Å². The number of hydrogen-bond donors (Lipinski definition) is 0. The van der Waals surface area contributed by atoms with Crippen molar-refractivity contribution in [3.63, 3.8) is 0 Å². The summed E-state index contributed by atoms with van der Waals surface area (Å²) in [5.74, 6) is 0.768. The second kappa shape index (κ2) is 17.4. The minimum Gasteiger partial charge on any atom is -0.356 e. The average Bonchev–Trinajstić information content (AvgIpc) is 2.74. The minimum atomic E-state index is -1.06. The highest BCUT2D eigenvalue weighted by molar-refractivity contribution is 14.1. The summed E-state index contributed by atoms with van der Waals surface area (Å²) in [5, 5.41) is 0. The van der Waals surface area contributed by atoms with Gasteiger partial charge in [-0.15, -0.1) is 0 Å². The molecule has 0 amide bonds. The highest BCUT2D eigenvalue weighted by Crippen LogP contribution is 2.21. The molecule has 1 aliphatic heterocycles. The van der Waals surface area contributed by atoms with Crippen LogP contribution in [0.15, 0.2) is 34.5 Å². The molecule has 1 heterocycles. The third kappa shape index (κ3) is 15.0. The molecule has 1 saturated heterocycles. The molecule has 4 nitrogen and oxygen atoms in total. The SMILES string of the molecule is C=C(CC/C=C/[C@H](OCOCC[Si](C)(C)C)[C@H](C)/C=C/I)[C@H](C)CCOC1CCCCO1. The monoisotopic (exact) mass is 578 g/mol. The Labute approximate surface area is 212 Å². The Hall–Kier alpha value is 0.00688. The number of rotatable bonds is 17. The van der Waals surface area contributed by atoms with Gasteiger partial charge >= 0.3 is 0 Å². The van der Waals surface area contributed by atoms with E-state index < -0.39 is 8.07 Å². The zero-order chi connectivity index (χ0) is 23.8. The van der Waals surface area contributed by atoms with E-state index in [9.17, 15) is 0 Å². The molecule has 32 heavy (non-hydrogen) atoms. The molecular formula is C26H47IO4Si. The lowest BCUT2D eigenvalue weighted by Crippen LogP contribution is -2.23. The van der Waals surface area contributed by atoms with E-state index >= 15 is 0 Å². The fourth-order valence-corrected chi connectivity index (χ4v) is 4.75. The molecule has 186 valence electrons. The fourth-order valence-electron chi connectivity index (χ4n) is 3.34. The maximum Gasteiger partial charge on any atom is 0.157 e. The van der Waals surface area contributed by atoms with E-state index in [4.69, 9.17) is 18.9 Å². The summed E-state index contributed by atoms with van der Waals surface area (Å²) in [6.07, 6.45) is 13.0. The largest absolute Gasteiger partial charge is 0.356 e. The fraction of sp³-hybridized carbons (Fsp3) is 0.769. The molecule has 0 saturated carbocycles. The third-order valence-corrected chi connectivity index (χ3v) is 8.00. The molecule has 6 heteroatoms.